The Balaban J connectivity index is 1.80. The van der Waals surface area contributed by atoms with Gasteiger partial charge in [-0.05, 0) is 75.4 Å². The maximum Gasteiger partial charge on any atom is 0.149 e. The Hall–Kier alpha value is -4.12. The van der Waals surface area contributed by atoms with Gasteiger partial charge in [-0.15, -0.1) is 0 Å². The monoisotopic (exact) mass is 536 g/mol. The van der Waals surface area contributed by atoms with E-state index in [1.54, 1.807) is 18.5 Å². The number of rotatable bonds is 12. The van der Waals surface area contributed by atoms with Crippen LogP contribution in [0.4, 0.5) is 10.2 Å². The molecule has 0 saturated heterocycles. The zero-order valence-electron chi connectivity index (χ0n) is 24.6. The first kappa shape index (κ1) is 30.4. The third-order valence-electron chi connectivity index (χ3n) is 6.49. The summed E-state index contributed by atoms with van der Waals surface area (Å²) in [6.45, 7) is 12.7. The summed E-state index contributed by atoms with van der Waals surface area (Å²) >= 11 is 0. The average molecular weight is 537 g/mol. The molecule has 0 bridgehead atoms. The molecule has 3 heterocycles. The zero-order chi connectivity index (χ0) is 28.9. The Morgan fingerprint density at radius 2 is 1.88 bits per heavy atom. The van der Waals surface area contributed by atoms with Crippen LogP contribution < -0.4 is 5.32 Å². The number of aromatic nitrogens is 3. The Bertz CT molecular complexity index is 1440. The molecule has 208 valence electrons. The summed E-state index contributed by atoms with van der Waals surface area (Å²) in [6, 6.07) is 5.63. The van der Waals surface area contributed by atoms with E-state index >= 15 is 4.39 Å². The number of hydrogen-bond donors (Lipinski definition) is 1. The second-order valence-corrected chi connectivity index (χ2v) is 9.82. The van der Waals surface area contributed by atoms with E-state index in [4.69, 9.17) is 4.98 Å². The van der Waals surface area contributed by atoms with Crippen molar-refractivity contribution in [2.45, 2.75) is 67.3 Å². The highest BCUT2D eigenvalue weighted by atomic mass is 19.1. The molecule has 0 unspecified atom stereocenters. The van der Waals surface area contributed by atoms with E-state index in [1.807, 2.05) is 51.3 Å². The smallest absolute Gasteiger partial charge is 0.149 e. The summed E-state index contributed by atoms with van der Waals surface area (Å²) < 4.78 is 15.2. The Kier molecular flexibility index (Phi) is 11.8. The molecule has 0 atom stereocenters. The third-order valence-corrected chi connectivity index (χ3v) is 6.49. The molecule has 0 fully saturated rings. The summed E-state index contributed by atoms with van der Waals surface area (Å²) in [7, 11) is 0. The molecule has 0 aliphatic carbocycles. The van der Waals surface area contributed by atoms with E-state index in [0.717, 1.165) is 69.7 Å². The van der Waals surface area contributed by atoms with Crippen molar-refractivity contribution in [2.75, 3.05) is 5.32 Å². The van der Waals surface area contributed by atoms with E-state index in [0.29, 0.717) is 12.2 Å². The van der Waals surface area contributed by atoms with Gasteiger partial charge in [-0.25, -0.2) is 9.37 Å². The maximum atomic E-state index is 15.2. The largest absolute Gasteiger partial charge is 0.366 e. The first-order valence-corrected chi connectivity index (χ1v) is 14.0. The van der Waals surface area contributed by atoms with Crippen LogP contribution in [0.3, 0.4) is 0 Å². The number of pyridine rings is 3. The molecule has 4 nitrogen and oxygen atoms in total. The molecule has 0 aromatic carbocycles. The molecule has 0 saturated carbocycles. The highest BCUT2D eigenvalue weighted by Crippen LogP contribution is 2.28. The quantitative estimate of drug-likeness (QED) is 0.234. The predicted molar refractivity (Wildman–Crippen MR) is 168 cm³/mol. The Labute approximate surface area is 239 Å². The fraction of sp³-hybridized carbons (Fsp3) is 0.286. The van der Waals surface area contributed by atoms with Crippen LogP contribution in [-0.2, 0) is 6.54 Å². The molecule has 0 spiro atoms. The van der Waals surface area contributed by atoms with Gasteiger partial charge in [0.2, 0.25) is 0 Å². The Morgan fingerprint density at radius 1 is 1.05 bits per heavy atom. The number of halogens is 1. The molecular weight excluding hydrogens is 495 g/mol. The highest BCUT2D eigenvalue weighted by molar-refractivity contribution is 5.74. The van der Waals surface area contributed by atoms with E-state index in [1.165, 1.54) is 0 Å². The van der Waals surface area contributed by atoms with Gasteiger partial charge < -0.3 is 5.32 Å². The second kappa shape index (κ2) is 15.5. The van der Waals surface area contributed by atoms with Gasteiger partial charge in [0, 0.05) is 41.8 Å². The lowest BCUT2D eigenvalue weighted by Crippen LogP contribution is -2.06. The summed E-state index contributed by atoms with van der Waals surface area (Å²) in [6.07, 6.45) is 24.9. The molecule has 0 radical (unpaired) electrons. The molecule has 3 aromatic heterocycles. The average Bonchev–Trinajstić information content (AvgIpc) is 2.93. The van der Waals surface area contributed by atoms with Crippen molar-refractivity contribution in [2.24, 2.45) is 0 Å². The van der Waals surface area contributed by atoms with E-state index in [-0.39, 0.29) is 5.82 Å². The van der Waals surface area contributed by atoms with Crippen LogP contribution in [0.25, 0.3) is 22.9 Å². The van der Waals surface area contributed by atoms with Crippen LogP contribution >= 0.6 is 0 Å². The maximum absolute atomic E-state index is 15.2. The van der Waals surface area contributed by atoms with Crippen molar-refractivity contribution < 1.29 is 4.39 Å². The minimum atomic E-state index is -0.347. The third kappa shape index (κ3) is 8.44. The minimum absolute atomic E-state index is 0.346. The van der Waals surface area contributed by atoms with Crippen LogP contribution in [-0.4, -0.2) is 15.0 Å². The Morgan fingerprint density at radius 3 is 2.60 bits per heavy atom. The zero-order valence-corrected chi connectivity index (χ0v) is 24.6. The fourth-order valence-corrected chi connectivity index (χ4v) is 4.33. The summed E-state index contributed by atoms with van der Waals surface area (Å²) in [4.78, 5) is 13.7. The lowest BCUT2D eigenvalue weighted by Gasteiger charge is -2.13. The molecule has 0 amide bonds. The van der Waals surface area contributed by atoms with Gasteiger partial charge in [-0.3, -0.25) is 9.97 Å². The van der Waals surface area contributed by atoms with Crippen LogP contribution in [0.15, 0.2) is 84.9 Å². The predicted octanol–water partition coefficient (Wildman–Crippen LogP) is 9.59. The highest BCUT2D eigenvalue weighted by Gasteiger charge is 2.12. The lowest BCUT2D eigenvalue weighted by molar-refractivity contribution is 0.614. The first-order chi connectivity index (χ1) is 19.4. The van der Waals surface area contributed by atoms with Gasteiger partial charge in [0.15, 0.2) is 0 Å². The summed E-state index contributed by atoms with van der Waals surface area (Å²) in [5.74, 6) is 0.388. The number of aryl methyl sites for hydroxylation is 1. The van der Waals surface area contributed by atoms with Crippen molar-refractivity contribution >= 4 is 17.5 Å². The van der Waals surface area contributed by atoms with Crippen LogP contribution in [0.1, 0.15) is 74.9 Å². The number of nitrogens with one attached hydrogen (secondary N) is 1. The molecular formula is C35H41FN4. The topological polar surface area (TPSA) is 50.7 Å². The van der Waals surface area contributed by atoms with Crippen molar-refractivity contribution in [3.05, 3.63) is 119 Å². The second-order valence-electron chi connectivity index (χ2n) is 9.82. The number of unbranched alkanes of at least 4 members (excludes halogenated alkanes) is 1. The molecule has 0 aliphatic heterocycles. The van der Waals surface area contributed by atoms with Crippen molar-refractivity contribution in [3.63, 3.8) is 0 Å². The van der Waals surface area contributed by atoms with Gasteiger partial charge in [0.1, 0.15) is 17.3 Å². The molecule has 3 aromatic rings. The molecule has 5 heteroatoms. The standard InChI is InChI=1S/C35H41FN4/c1-7-10-11-12-13-16-29-21-33(38-22-26(29)5)31-17-18-37-35(27(31)6)40-24-28-20-32(36)34(39-23-28)30(15-9-3)19-25(4)14-8-2/h9,11-23H,7-8,10,24H2,1-6H3,(H,37,40)/b12-11+,15-9-,16-13-,25-14+,30-19+. The van der Waals surface area contributed by atoms with Crippen molar-refractivity contribution in [1.82, 2.24) is 15.0 Å². The molecule has 0 aliphatic rings. The number of anilines is 1. The number of hydrogen-bond acceptors (Lipinski definition) is 4. The number of nitrogens with zero attached hydrogens (tertiary/aromatic N) is 3. The van der Waals surface area contributed by atoms with Crippen LogP contribution in [0.2, 0.25) is 0 Å². The summed E-state index contributed by atoms with van der Waals surface area (Å²) in [5.41, 5.74) is 8.05. The SMILES string of the molecule is C\C=C/C(=C\C(C)=C\CC)c1ncc(CNc2nccc(-c3cc(/C=C\C=C\CCC)c(C)cn3)c2C)cc1F. The van der Waals surface area contributed by atoms with E-state index < -0.39 is 0 Å². The van der Waals surface area contributed by atoms with Gasteiger partial charge >= 0.3 is 0 Å². The fourth-order valence-electron chi connectivity index (χ4n) is 4.33. The lowest BCUT2D eigenvalue weighted by atomic mass is 10.0. The van der Waals surface area contributed by atoms with E-state index in [9.17, 15) is 0 Å². The van der Waals surface area contributed by atoms with Crippen LogP contribution in [0, 0.1) is 19.7 Å². The molecule has 3 rings (SSSR count). The van der Waals surface area contributed by atoms with Crippen molar-refractivity contribution in [1.29, 1.82) is 0 Å². The van der Waals surface area contributed by atoms with Crippen molar-refractivity contribution in [3.8, 4) is 11.3 Å². The minimum Gasteiger partial charge on any atom is -0.366 e. The molecule has 40 heavy (non-hydrogen) atoms. The van der Waals surface area contributed by atoms with Gasteiger partial charge in [-0.2, -0.15) is 0 Å². The molecule has 1 N–H and O–H groups in total. The van der Waals surface area contributed by atoms with Gasteiger partial charge in [0.25, 0.3) is 0 Å². The van der Waals surface area contributed by atoms with Gasteiger partial charge in [-0.1, -0.05) is 74.4 Å². The summed E-state index contributed by atoms with van der Waals surface area (Å²) in [5, 5.41) is 3.36. The van der Waals surface area contributed by atoms with E-state index in [2.05, 4.69) is 72.5 Å². The normalized spacial score (nSPS) is 12.8. The van der Waals surface area contributed by atoms with Crippen LogP contribution in [0.5, 0.6) is 0 Å². The first-order valence-electron chi connectivity index (χ1n) is 14.0. The number of allylic oxidation sites excluding steroid dienone is 9. The van der Waals surface area contributed by atoms with Gasteiger partial charge in [0.05, 0.1) is 5.69 Å².